The molecule has 1 aromatic carbocycles. The molecule has 3 aromatic rings. The lowest BCUT2D eigenvalue weighted by molar-refractivity contribution is -0.137. The van der Waals surface area contributed by atoms with Gasteiger partial charge in [-0.3, -0.25) is 19.1 Å². The first-order valence-corrected chi connectivity index (χ1v) is 8.41. The number of nitrogens with one attached hydrogen (secondary N) is 1. The maximum atomic E-state index is 12.8. The summed E-state index contributed by atoms with van der Waals surface area (Å²) in [6.45, 7) is 3.99. The Morgan fingerprint density at radius 2 is 1.85 bits per heavy atom. The van der Waals surface area contributed by atoms with Crippen molar-refractivity contribution in [1.29, 1.82) is 0 Å². The molecule has 3 rings (SSSR count). The van der Waals surface area contributed by atoms with Crippen LogP contribution in [0.3, 0.4) is 0 Å². The number of aromatic nitrogens is 4. The molecule has 9 heteroatoms. The Labute approximate surface area is 154 Å². The molecule has 0 aliphatic rings. The number of rotatable bonds is 6. The van der Waals surface area contributed by atoms with Gasteiger partial charge in [0.25, 0.3) is 11.5 Å². The van der Waals surface area contributed by atoms with E-state index in [9.17, 15) is 14.4 Å². The van der Waals surface area contributed by atoms with Gasteiger partial charge in [0.2, 0.25) is 0 Å². The van der Waals surface area contributed by atoms with Crippen LogP contribution < -0.4 is 10.9 Å². The highest BCUT2D eigenvalue weighted by Gasteiger charge is 2.18. The molecule has 27 heavy (non-hydrogen) atoms. The second-order valence-corrected chi connectivity index (χ2v) is 6.52. The smallest absolute Gasteiger partial charge is 0.325 e. The largest absolute Gasteiger partial charge is 0.480 e. The minimum Gasteiger partial charge on any atom is -0.480 e. The fourth-order valence-electron chi connectivity index (χ4n) is 2.70. The van der Waals surface area contributed by atoms with E-state index in [2.05, 4.69) is 15.5 Å². The van der Waals surface area contributed by atoms with E-state index in [1.54, 1.807) is 24.3 Å². The van der Waals surface area contributed by atoms with Crippen LogP contribution in [-0.4, -0.2) is 36.5 Å². The molecular weight excluding hydrogens is 350 g/mol. The van der Waals surface area contributed by atoms with Crippen molar-refractivity contribution in [2.75, 3.05) is 5.32 Å². The van der Waals surface area contributed by atoms with Crippen molar-refractivity contribution >= 4 is 28.5 Å². The van der Waals surface area contributed by atoms with Gasteiger partial charge in [0.05, 0.1) is 5.39 Å². The van der Waals surface area contributed by atoms with E-state index in [1.165, 1.54) is 21.6 Å². The third-order valence-corrected chi connectivity index (χ3v) is 3.80. The number of fused-ring (bicyclic) bond motifs is 1. The molecule has 140 valence electrons. The van der Waals surface area contributed by atoms with Crippen molar-refractivity contribution in [2.24, 2.45) is 5.92 Å². The Kier molecular flexibility index (Phi) is 5.02. The number of anilines is 1. The van der Waals surface area contributed by atoms with Crippen molar-refractivity contribution in [3.8, 4) is 0 Å². The quantitative estimate of drug-likeness (QED) is 0.681. The predicted octanol–water partition coefficient (Wildman–Crippen LogP) is 1.59. The topological polar surface area (TPSA) is 119 Å². The molecule has 9 nitrogen and oxygen atoms in total. The van der Waals surface area contributed by atoms with Gasteiger partial charge in [0.15, 0.2) is 11.5 Å². The van der Waals surface area contributed by atoms with Gasteiger partial charge < -0.3 is 10.4 Å². The maximum Gasteiger partial charge on any atom is 0.325 e. The number of benzene rings is 1. The van der Waals surface area contributed by atoms with Gasteiger partial charge in [0.1, 0.15) is 6.54 Å². The zero-order chi connectivity index (χ0) is 19.6. The molecule has 0 aliphatic heterocycles. The van der Waals surface area contributed by atoms with Crippen molar-refractivity contribution in [3.05, 3.63) is 52.6 Å². The summed E-state index contributed by atoms with van der Waals surface area (Å²) in [5, 5.41) is 20.5. The molecule has 0 saturated heterocycles. The zero-order valence-corrected chi connectivity index (χ0v) is 14.9. The van der Waals surface area contributed by atoms with Gasteiger partial charge in [-0.2, -0.15) is 10.2 Å². The van der Waals surface area contributed by atoms with Crippen molar-refractivity contribution in [2.45, 2.75) is 26.9 Å². The Morgan fingerprint density at radius 1 is 1.15 bits per heavy atom. The second kappa shape index (κ2) is 7.40. The SMILES string of the molecule is CC(C)Cn1nc(C(=O)Nc2ccn(CC(=O)O)n2)c2ccccc2c1=O. The molecule has 0 unspecified atom stereocenters. The van der Waals surface area contributed by atoms with Gasteiger partial charge in [-0.05, 0) is 12.0 Å². The van der Waals surface area contributed by atoms with Gasteiger partial charge in [-0.1, -0.05) is 32.0 Å². The molecule has 0 saturated carbocycles. The summed E-state index contributed by atoms with van der Waals surface area (Å²) < 4.78 is 2.49. The molecule has 2 N–H and O–H groups in total. The highest BCUT2D eigenvalue weighted by Crippen LogP contribution is 2.15. The number of hydrogen-bond acceptors (Lipinski definition) is 5. The lowest BCUT2D eigenvalue weighted by Crippen LogP contribution is -2.29. The van der Waals surface area contributed by atoms with E-state index >= 15 is 0 Å². The summed E-state index contributed by atoms with van der Waals surface area (Å²) in [4.78, 5) is 36.1. The van der Waals surface area contributed by atoms with Crippen molar-refractivity contribution < 1.29 is 14.7 Å². The Balaban J connectivity index is 1.98. The van der Waals surface area contributed by atoms with Crippen LogP contribution in [0.2, 0.25) is 0 Å². The number of carboxylic acids is 1. The molecule has 1 amide bonds. The number of carboxylic acid groups (broad SMARTS) is 1. The molecule has 0 aliphatic carbocycles. The van der Waals surface area contributed by atoms with E-state index in [4.69, 9.17) is 5.11 Å². The van der Waals surface area contributed by atoms with Crippen molar-refractivity contribution in [1.82, 2.24) is 19.6 Å². The fraction of sp³-hybridized carbons (Fsp3) is 0.278. The lowest BCUT2D eigenvalue weighted by atomic mass is 10.1. The molecule has 2 heterocycles. The van der Waals surface area contributed by atoms with Gasteiger partial charge >= 0.3 is 5.97 Å². The first-order chi connectivity index (χ1) is 12.8. The molecule has 0 radical (unpaired) electrons. The van der Waals surface area contributed by atoms with E-state index in [0.29, 0.717) is 17.3 Å². The van der Waals surface area contributed by atoms with E-state index < -0.39 is 11.9 Å². The van der Waals surface area contributed by atoms with Crippen LogP contribution in [0.5, 0.6) is 0 Å². The number of aliphatic carboxylic acids is 1. The van der Waals surface area contributed by atoms with Gasteiger partial charge in [-0.25, -0.2) is 4.68 Å². The monoisotopic (exact) mass is 369 g/mol. The third-order valence-electron chi connectivity index (χ3n) is 3.80. The average Bonchev–Trinajstić information content (AvgIpc) is 3.03. The summed E-state index contributed by atoms with van der Waals surface area (Å²) in [6, 6.07) is 8.29. The first kappa shape index (κ1) is 18.3. The zero-order valence-electron chi connectivity index (χ0n) is 14.9. The summed E-state index contributed by atoms with van der Waals surface area (Å²) in [6.07, 6.45) is 1.45. The first-order valence-electron chi connectivity index (χ1n) is 8.41. The van der Waals surface area contributed by atoms with E-state index in [0.717, 1.165) is 0 Å². The molecule has 0 atom stereocenters. The number of amides is 1. The van der Waals surface area contributed by atoms with E-state index in [1.807, 2.05) is 13.8 Å². The van der Waals surface area contributed by atoms with Gasteiger partial charge in [-0.15, -0.1) is 0 Å². The normalized spacial score (nSPS) is 11.1. The van der Waals surface area contributed by atoms with Gasteiger partial charge in [0, 0.05) is 24.2 Å². The standard InChI is InChI=1S/C18H19N5O4/c1-11(2)9-23-18(27)13-6-4-3-5-12(13)16(21-23)17(26)19-14-7-8-22(20-14)10-15(24)25/h3-8,11H,9-10H2,1-2H3,(H,24,25)(H,19,20,26). The second-order valence-electron chi connectivity index (χ2n) is 6.52. The number of hydrogen-bond donors (Lipinski definition) is 2. The van der Waals surface area contributed by atoms with Crippen LogP contribution in [0.15, 0.2) is 41.3 Å². The predicted molar refractivity (Wildman–Crippen MR) is 98.7 cm³/mol. The van der Waals surface area contributed by atoms with Crippen LogP contribution in [0.25, 0.3) is 10.8 Å². The number of carbonyl (C=O) groups excluding carboxylic acids is 1. The fourth-order valence-corrected chi connectivity index (χ4v) is 2.70. The minimum atomic E-state index is -1.04. The van der Waals surface area contributed by atoms with Crippen LogP contribution >= 0.6 is 0 Å². The molecule has 0 spiro atoms. The Bertz CT molecular complexity index is 1070. The minimum absolute atomic E-state index is 0.110. The third kappa shape index (κ3) is 4.02. The number of nitrogens with zero attached hydrogens (tertiary/aromatic N) is 4. The molecule has 0 bridgehead atoms. The molecule has 2 aromatic heterocycles. The number of carbonyl (C=O) groups is 2. The molecular formula is C18H19N5O4. The Hall–Kier alpha value is -3.49. The highest BCUT2D eigenvalue weighted by molar-refractivity contribution is 6.10. The summed E-state index contributed by atoms with van der Waals surface area (Å²) in [5.74, 6) is -1.18. The summed E-state index contributed by atoms with van der Waals surface area (Å²) in [7, 11) is 0. The maximum absolute atomic E-state index is 12.8. The average molecular weight is 369 g/mol. The van der Waals surface area contributed by atoms with Crippen LogP contribution in [0.1, 0.15) is 24.3 Å². The van der Waals surface area contributed by atoms with Crippen molar-refractivity contribution in [3.63, 3.8) is 0 Å². The summed E-state index contributed by atoms with van der Waals surface area (Å²) in [5.41, 5.74) is -0.139. The highest BCUT2D eigenvalue weighted by atomic mass is 16.4. The Morgan fingerprint density at radius 3 is 2.52 bits per heavy atom. The van der Waals surface area contributed by atoms with E-state index in [-0.39, 0.29) is 29.5 Å². The lowest BCUT2D eigenvalue weighted by Gasteiger charge is -2.12. The molecule has 0 fully saturated rings. The summed E-state index contributed by atoms with van der Waals surface area (Å²) >= 11 is 0. The van der Waals surface area contributed by atoms with Crippen LogP contribution in [-0.2, 0) is 17.9 Å². The van der Waals surface area contributed by atoms with Crippen LogP contribution in [0.4, 0.5) is 5.82 Å². The van der Waals surface area contributed by atoms with Crippen LogP contribution in [0, 0.1) is 5.92 Å².